The molecule has 1 aliphatic heterocycles. The third-order valence-corrected chi connectivity index (χ3v) is 3.55. The average molecular weight is 256 g/mol. The second-order valence-corrected chi connectivity index (χ2v) is 4.61. The summed E-state index contributed by atoms with van der Waals surface area (Å²) in [6.45, 7) is -0.932. The van der Waals surface area contributed by atoms with Crippen molar-refractivity contribution in [1.29, 1.82) is 0 Å². The number of nitrogens with two attached hydrogens (primary N) is 1. The summed E-state index contributed by atoms with van der Waals surface area (Å²) >= 11 is 0. The number of ether oxygens (including phenoxy) is 1. The van der Waals surface area contributed by atoms with Crippen LogP contribution in [0.25, 0.3) is 0 Å². The first kappa shape index (κ1) is 11.4. The van der Waals surface area contributed by atoms with E-state index in [2.05, 4.69) is 4.99 Å². The van der Waals surface area contributed by atoms with E-state index in [0.29, 0.717) is 6.42 Å². The highest BCUT2D eigenvalue weighted by molar-refractivity contribution is 5.74. The minimum atomic E-state index is -1.45. The number of benzene rings is 1. The molecule has 0 aromatic heterocycles. The van der Waals surface area contributed by atoms with Crippen LogP contribution in [0.5, 0.6) is 0 Å². The predicted octanol–water partition coefficient (Wildman–Crippen LogP) is 1.86. The number of aliphatic imine (C=N–C) groups is 1. The van der Waals surface area contributed by atoms with E-state index in [1.54, 1.807) is 0 Å². The van der Waals surface area contributed by atoms with Crippen molar-refractivity contribution in [2.24, 2.45) is 16.6 Å². The second-order valence-electron chi connectivity index (χ2n) is 4.61. The maximum Gasteiger partial charge on any atom is 0.283 e. The lowest BCUT2D eigenvalue weighted by molar-refractivity contribution is 0.167. The van der Waals surface area contributed by atoms with E-state index in [4.69, 9.17) is 10.5 Å². The Hall–Kier alpha value is -1.72. The van der Waals surface area contributed by atoms with Crippen LogP contribution < -0.4 is 5.73 Å². The Morgan fingerprint density at radius 1 is 1.44 bits per heavy atom. The summed E-state index contributed by atoms with van der Waals surface area (Å²) in [5.41, 5.74) is 3.93. The van der Waals surface area contributed by atoms with E-state index < -0.39 is 23.8 Å². The molecule has 2 aliphatic rings. The fourth-order valence-electron chi connectivity index (χ4n) is 2.56. The van der Waals surface area contributed by atoms with Crippen molar-refractivity contribution in [2.75, 3.05) is 6.67 Å². The Morgan fingerprint density at radius 2 is 2.22 bits per heavy atom. The van der Waals surface area contributed by atoms with E-state index in [0.717, 1.165) is 6.07 Å². The molecule has 1 fully saturated rings. The Kier molecular flexibility index (Phi) is 2.30. The molecule has 1 unspecified atom stereocenters. The van der Waals surface area contributed by atoms with Crippen LogP contribution in [0.15, 0.2) is 23.2 Å². The molecular weight excluding hydrogens is 245 g/mol. The highest BCUT2D eigenvalue weighted by Crippen LogP contribution is 2.53. The van der Waals surface area contributed by atoms with Crippen LogP contribution in [0, 0.1) is 17.6 Å². The maximum absolute atomic E-state index is 13.8. The first-order valence-corrected chi connectivity index (χ1v) is 5.61. The van der Waals surface area contributed by atoms with Gasteiger partial charge in [0.1, 0.15) is 18.3 Å². The molecule has 96 valence electrons. The molecule has 1 aromatic rings. The smallest absolute Gasteiger partial charge is 0.283 e. The van der Waals surface area contributed by atoms with Crippen molar-refractivity contribution < 1.29 is 17.9 Å². The van der Waals surface area contributed by atoms with Crippen LogP contribution in [0.4, 0.5) is 13.2 Å². The number of fused-ring (bicyclic) bond motifs is 1. The Balaban J connectivity index is 2.17. The molecule has 1 saturated carbocycles. The molecule has 3 rings (SSSR count). The van der Waals surface area contributed by atoms with Gasteiger partial charge in [0.25, 0.3) is 6.02 Å². The zero-order valence-corrected chi connectivity index (χ0v) is 9.37. The van der Waals surface area contributed by atoms with Crippen molar-refractivity contribution in [2.45, 2.75) is 18.1 Å². The molecule has 0 bridgehead atoms. The summed E-state index contributed by atoms with van der Waals surface area (Å²) < 4.78 is 45.7. The molecule has 1 heterocycles. The molecule has 18 heavy (non-hydrogen) atoms. The number of rotatable bonds is 2. The van der Waals surface area contributed by atoms with Gasteiger partial charge in [-0.1, -0.05) is 12.1 Å². The van der Waals surface area contributed by atoms with Gasteiger partial charge in [-0.3, -0.25) is 0 Å². The lowest BCUT2D eigenvalue weighted by Gasteiger charge is -2.31. The number of amidine groups is 1. The van der Waals surface area contributed by atoms with E-state index in [1.165, 1.54) is 12.1 Å². The summed E-state index contributed by atoms with van der Waals surface area (Å²) in [5.74, 6) is -2.37. The minimum absolute atomic E-state index is 0.0937. The van der Waals surface area contributed by atoms with Crippen molar-refractivity contribution in [3.8, 4) is 0 Å². The molecule has 3 atom stereocenters. The van der Waals surface area contributed by atoms with Gasteiger partial charge in [-0.2, -0.15) is 0 Å². The zero-order valence-electron chi connectivity index (χ0n) is 9.37. The van der Waals surface area contributed by atoms with Gasteiger partial charge >= 0.3 is 0 Å². The molecule has 3 nitrogen and oxygen atoms in total. The molecule has 0 saturated heterocycles. The molecule has 0 radical (unpaired) electrons. The average Bonchev–Trinajstić information content (AvgIpc) is 3.11. The minimum Gasteiger partial charge on any atom is -0.462 e. The van der Waals surface area contributed by atoms with E-state index in [-0.39, 0.29) is 23.6 Å². The second kappa shape index (κ2) is 3.63. The van der Waals surface area contributed by atoms with E-state index in [9.17, 15) is 13.2 Å². The third-order valence-electron chi connectivity index (χ3n) is 3.55. The van der Waals surface area contributed by atoms with Crippen molar-refractivity contribution >= 4 is 6.02 Å². The highest BCUT2D eigenvalue weighted by Gasteiger charge is 2.60. The fraction of sp³-hybridized carbons (Fsp3) is 0.417. The van der Waals surface area contributed by atoms with Gasteiger partial charge in [0.15, 0.2) is 11.6 Å². The Bertz CT molecular complexity index is 534. The van der Waals surface area contributed by atoms with Crippen LogP contribution in [-0.4, -0.2) is 18.8 Å². The molecule has 0 spiro atoms. The van der Waals surface area contributed by atoms with Crippen molar-refractivity contribution in [1.82, 2.24) is 0 Å². The highest BCUT2D eigenvalue weighted by atomic mass is 19.2. The van der Waals surface area contributed by atoms with Gasteiger partial charge in [0, 0.05) is 11.5 Å². The number of alkyl halides is 1. The first-order valence-electron chi connectivity index (χ1n) is 5.61. The van der Waals surface area contributed by atoms with Crippen LogP contribution >= 0.6 is 0 Å². The summed E-state index contributed by atoms with van der Waals surface area (Å²) in [6.07, 6.45) is 0.297. The monoisotopic (exact) mass is 256 g/mol. The van der Waals surface area contributed by atoms with Gasteiger partial charge in [-0.05, 0) is 12.5 Å². The maximum atomic E-state index is 13.8. The topological polar surface area (TPSA) is 47.6 Å². The normalized spacial score (nSPS) is 33.4. The zero-order chi connectivity index (χ0) is 12.9. The fourth-order valence-corrected chi connectivity index (χ4v) is 2.56. The van der Waals surface area contributed by atoms with Crippen LogP contribution in [-0.2, 0) is 10.3 Å². The molecule has 0 amide bonds. The van der Waals surface area contributed by atoms with Crippen LogP contribution in [0.1, 0.15) is 12.0 Å². The number of nitrogens with zero attached hydrogens (tertiary/aromatic N) is 1. The Morgan fingerprint density at radius 3 is 2.94 bits per heavy atom. The first-order chi connectivity index (χ1) is 8.58. The van der Waals surface area contributed by atoms with Gasteiger partial charge in [-0.25, -0.2) is 18.2 Å². The molecule has 1 aromatic carbocycles. The number of hydrogen-bond acceptors (Lipinski definition) is 3. The van der Waals surface area contributed by atoms with Gasteiger partial charge in [0.05, 0.1) is 0 Å². The van der Waals surface area contributed by atoms with Crippen LogP contribution in [0.3, 0.4) is 0 Å². The molecule has 2 N–H and O–H groups in total. The van der Waals surface area contributed by atoms with Crippen molar-refractivity contribution in [3.63, 3.8) is 0 Å². The largest absolute Gasteiger partial charge is 0.462 e. The molecule has 1 aliphatic carbocycles. The van der Waals surface area contributed by atoms with Crippen molar-refractivity contribution in [3.05, 3.63) is 35.4 Å². The third kappa shape index (κ3) is 1.41. The molecule has 6 heteroatoms. The summed E-state index contributed by atoms with van der Waals surface area (Å²) in [6, 6.07) is 3.50. The van der Waals surface area contributed by atoms with E-state index in [1.807, 2.05) is 0 Å². The quantitative estimate of drug-likeness (QED) is 0.878. The summed E-state index contributed by atoms with van der Waals surface area (Å²) in [7, 11) is 0. The lowest BCUT2D eigenvalue weighted by Crippen LogP contribution is -2.39. The SMILES string of the molecule is NC1=N[C@](CF)(c2cccc(F)c2F)C2C[C@H]2O1. The number of hydrogen-bond donors (Lipinski definition) is 1. The van der Waals surface area contributed by atoms with E-state index >= 15 is 0 Å². The lowest BCUT2D eigenvalue weighted by atomic mass is 9.85. The Labute approximate surface area is 101 Å². The predicted molar refractivity (Wildman–Crippen MR) is 58.6 cm³/mol. The van der Waals surface area contributed by atoms with Crippen LogP contribution in [0.2, 0.25) is 0 Å². The number of halogens is 3. The molecular formula is C12H11F3N2O. The summed E-state index contributed by atoms with van der Waals surface area (Å²) in [5, 5.41) is 0. The standard InChI is InChI=1S/C12H11F3N2O/c13-5-12(6-2-1-3-8(14)10(6)15)7-4-9(7)18-11(16)17-12/h1-3,7,9H,4-5H2,(H2,16,17)/t7?,9-,12-/m1/s1. The van der Waals surface area contributed by atoms with Gasteiger partial charge in [0.2, 0.25) is 0 Å². The van der Waals surface area contributed by atoms with Gasteiger partial charge in [-0.15, -0.1) is 0 Å². The van der Waals surface area contributed by atoms with Gasteiger partial charge < -0.3 is 10.5 Å². The summed E-state index contributed by atoms with van der Waals surface area (Å²) in [4.78, 5) is 3.92.